The van der Waals surface area contributed by atoms with Crippen LogP contribution < -0.4 is 5.32 Å². The maximum atomic E-state index is 13.5. The van der Waals surface area contributed by atoms with Gasteiger partial charge in [-0.3, -0.25) is 4.79 Å². The molecule has 0 aliphatic heterocycles. The van der Waals surface area contributed by atoms with Gasteiger partial charge in [0.25, 0.3) is 0 Å². The average Bonchev–Trinajstić information content (AvgIpc) is 3.10. The maximum Gasteiger partial charge on any atom is 0.223 e. The molecule has 0 fully saturated rings. The molecule has 1 aromatic carbocycles. The molecule has 0 unspecified atom stereocenters. The zero-order valence-corrected chi connectivity index (χ0v) is 19.0. The Hall–Kier alpha value is -2.17. The number of aromatic nitrogens is 2. The van der Waals surface area contributed by atoms with Crippen molar-refractivity contribution < 1.29 is 9.18 Å². The number of carbonyl (C=O) groups is 1. The normalized spacial score (nSPS) is 22.0. The van der Waals surface area contributed by atoms with Gasteiger partial charge in [0.15, 0.2) is 0 Å². The Kier molecular flexibility index (Phi) is 7.32. The molecule has 1 amide bonds. The van der Waals surface area contributed by atoms with E-state index < -0.39 is 0 Å². The molecular weight excluding hydrogens is 377 g/mol. The molecule has 2 N–H and O–H groups in total. The highest BCUT2D eigenvalue weighted by Gasteiger charge is 2.32. The van der Waals surface area contributed by atoms with Crippen molar-refractivity contribution in [3.05, 3.63) is 41.5 Å². The number of nitrogens with one attached hydrogen (secondary N) is 2. The molecule has 164 valence electrons. The van der Waals surface area contributed by atoms with Crippen molar-refractivity contribution in [1.29, 1.82) is 0 Å². The highest BCUT2D eigenvalue weighted by atomic mass is 19.1. The molecule has 0 spiro atoms. The number of H-pyrrole nitrogens is 1. The summed E-state index contributed by atoms with van der Waals surface area (Å²) in [6.45, 7) is 11.6. The maximum absolute atomic E-state index is 13.5. The number of benzene rings is 1. The fourth-order valence-electron chi connectivity index (χ4n) is 4.89. The molecule has 0 radical (unpaired) electrons. The SMILES string of the molecule is CCC(CC)C(=O)NC[C@@H]1C=C(C)[C@H](Cc2nc3ccc(F)cc3[nH]2)C[C@H]1C(C)C. The molecule has 30 heavy (non-hydrogen) atoms. The van der Waals surface area contributed by atoms with Gasteiger partial charge in [-0.15, -0.1) is 0 Å². The number of hydrogen-bond donors (Lipinski definition) is 2. The third kappa shape index (κ3) is 5.11. The molecule has 0 saturated carbocycles. The molecule has 5 heteroatoms. The van der Waals surface area contributed by atoms with Crippen molar-refractivity contribution in [1.82, 2.24) is 15.3 Å². The molecule has 1 aliphatic rings. The summed E-state index contributed by atoms with van der Waals surface area (Å²) in [5, 5.41) is 3.21. The van der Waals surface area contributed by atoms with E-state index in [1.165, 1.54) is 17.7 Å². The third-order valence-corrected chi connectivity index (χ3v) is 6.88. The van der Waals surface area contributed by atoms with E-state index in [4.69, 9.17) is 0 Å². The highest BCUT2D eigenvalue weighted by molar-refractivity contribution is 5.78. The van der Waals surface area contributed by atoms with Crippen LogP contribution >= 0.6 is 0 Å². The molecule has 4 nitrogen and oxygen atoms in total. The second-order valence-electron chi connectivity index (χ2n) is 9.22. The van der Waals surface area contributed by atoms with E-state index in [0.717, 1.165) is 42.5 Å². The van der Waals surface area contributed by atoms with Crippen LogP contribution in [0.1, 0.15) is 59.7 Å². The van der Waals surface area contributed by atoms with Crippen LogP contribution in [0.15, 0.2) is 29.8 Å². The van der Waals surface area contributed by atoms with Crippen LogP contribution in [-0.4, -0.2) is 22.4 Å². The van der Waals surface area contributed by atoms with E-state index in [1.807, 2.05) is 0 Å². The molecule has 3 atom stereocenters. The first-order valence-corrected chi connectivity index (χ1v) is 11.4. The largest absolute Gasteiger partial charge is 0.355 e. The number of rotatable bonds is 8. The molecule has 0 bridgehead atoms. The topological polar surface area (TPSA) is 57.8 Å². The van der Waals surface area contributed by atoms with Gasteiger partial charge in [-0.2, -0.15) is 0 Å². The number of fused-ring (bicyclic) bond motifs is 1. The Balaban J connectivity index is 1.71. The second kappa shape index (κ2) is 9.76. The minimum absolute atomic E-state index is 0.113. The van der Waals surface area contributed by atoms with Crippen LogP contribution in [0.25, 0.3) is 11.0 Å². The number of halogens is 1. The fraction of sp³-hybridized carbons (Fsp3) is 0.600. The molecule has 3 rings (SSSR count). The lowest BCUT2D eigenvalue weighted by molar-refractivity contribution is -0.125. The zero-order chi connectivity index (χ0) is 21.8. The van der Waals surface area contributed by atoms with Crippen molar-refractivity contribution in [2.24, 2.45) is 29.6 Å². The van der Waals surface area contributed by atoms with Crippen molar-refractivity contribution in [2.75, 3.05) is 6.54 Å². The van der Waals surface area contributed by atoms with Crippen LogP contribution in [0.3, 0.4) is 0 Å². The fourth-order valence-corrected chi connectivity index (χ4v) is 4.89. The molecule has 2 aromatic rings. The molecule has 1 heterocycles. The minimum Gasteiger partial charge on any atom is -0.355 e. The Morgan fingerprint density at radius 2 is 2.03 bits per heavy atom. The number of nitrogens with zero attached hydrogens (tertiary/aromatic N) is 1. The standard InChI is InChI=1S/C25H36FN3O/c1-6-17(7-2)25(30)27-14-19-10-16(5)18(11-21(19)15(3)4)12-24-28-22-9-8-20(26)13-23(22)29-24/h8-10,13,15,17-19,21H,6-7,11-12,14H2,1-5H3,(H,27,30)(H,28,29)/t18-,19-,21-/m0/s1. The summed E-state index contributed by atoms with van der Waals surface area (Å²) in [5.41, 5.74) is 2.93. The van der Waals surface area contributed by atoms with Crippen LogP contribution in [0, 0.1) is 35.4 Å². The first kappa shape index (κ1) is 22.5. The van der Waals surface area contributed by atoms with E-state index in [0.29, 0.717) is 30.2 Å². The lowest BCUT2D eigenvalue weighted by Gasteiger charge is -2.37. The van der Waals surface area contributed by atoms with E-state index in [9.17, 15) is 9.18 Å². The van der Waals surface area contributed by atoms with E-state index in [2.05, 4.69) is 56.0 Å². The second-order valence-corrected chi connectivity index (χ2v) is 9.22. The van der Waals surface area contributed by atoms with Crippen molar-refractivity contribution in [3.8, 4) is 0 Å². The molecular formula is C25H36FN3O. The van der Waals surface area contributed by atoms with Gasteiger partial charge < -0.3 is 10.3 Å². The number of imidazole rings is 1. The quantitative estimate of drug-likeness (QED) is 0.549. The predicted octanol–water partition coefficient (Wildman–Crippen LogP) is 5.65. The Morgan fingerprint density at radius 3 is 2.70 bits per heavy atom. The number of allylic oxidation sites excluding steroid dienone is 1. The van der Waals surface area contributed by atoms with Crippen LogP contribution in [0.2, 0.25) is 0 Å². The lowest BCUT2D eigenvalue weighted by atomic mass is 9.69. The van der Waals surface area contributed by atoms with Gasteiger partial charge in [0.05, 0.1) is 11.0 Å². The Labute approximate surface area is 179 Å². The summed E-state index contributed by atoms with van der Waals surface area (Å²) in [4.78, 5) is 20.4. The van der Waals surface area contributed by atoms with Gasteiger partial charge in [0.1, 0.15) is 11.6 Å². The van der Waals surface area contributed by atoms with Gasteiger partial charge in [0, 0.05) is 18.9 Å². The minimum atomic E-state index is -0.246. The summed E-state index contributed by atoms with van der Waals surface area (Å²) < 4.78 is 13.5. The Morgan fingerprint density at radius 1 is 1.30 bits per heavy atom. The van der Waals surface area contributed by atoms with E-state index >= 15 is 0 Å². The summed E-state index contributed by atoms with van der Waals surface area (Å²) in [6, 6.07) is 4.68. The van der Waals surface area contributed by atoms with E-state index in [1.54, 1.807) is 6.07 Å². The van der Waals surface area contributed by atoms with Crippen molar-refractivity contribution >= 4 is 16.9 Å². The monoisotopic (exact) mass is 413 g/mol. The van der Waals surface area contributed by atoms with Crippen LogP contribution in [0.5, 0.6) is 0 Å². The number of aromatic amines is 1. The first-order valence-electron chi connectivity index (χ1n) is 11.4. The average molecular weight is 414 g/mol. The van der Waals surface area contributed by atoms with Crippen LogP contribution in [-0.2, 0) is 11.2 Å². The predicted molar refractivity (Wildman–Crippen MR) is 121 cm³/mol. The summed E-state index contributed by atoms with van der Waals surface area (Å²) in [6.07, 6.45) is 6.05. The van der Waals surface area contributed by atoms with E-state index in [-0.39, 0.29) is 17.6 Å². The molecule has 0 saturated heterocycles. The summed E-state index contributed by atoms with van der Waals surface area (Å²) in [5.74, 6) is 2.80. The number of amides is 1. The van der Waals surface area contributed by atoms with Gasteiger partial charge in [-0.25, -0.2) is 9.37 Å². The van der Waals surface area contributed by atoms with Crippen molar-refractivity contribution in [3.63, 3.8) is 0 Å². The molecule has 1 aliphatic carbocycles. The first-order chi connectivity index (χ1) is 14.3. The molecule has 1 aromatic heterocycles. The zero-order valence-electron chi connectivity index (χ0n) is 19.0. The van der Waals surface area contributed by atoms with Crippen LogP contribution in [0.4, 0.5) is 4.39 Å². The van der Waals surface area contributed by atoms with Gasteiger partial charge in [0.2, 0.25) is 5.91 Å². The summed E-state index contributed by atoms with van der Waals surface area (Å²) >= 11 is 0. The van der Waals surface area contributed by atoms with Crippen molar-refractivity contribution in [2.45, 2.75) is 60.3 Å². The van der Waals surface area contributed by atoms with Gasteiger partial charge >= 0.3 is 0 Å². The number of carbonyl (C=O) groups excluding carboxylic acids is 1. The number of hydrogen-bond acceptors (Lipinski definition) is 2. The van der Waals surface area contributed by atoms with Gasteiger partial charge in [-0.1, -0.05) is 39.3 Å². The highest BCUT2D eigenvalue weighted by Crippen LogP contribution is 2.38. The smallest absolute Gasteiger partial charge is 0.223 e. The Bertz CT molecular complexity index is 897. The lowest BCUT2D eigenvalue weighted by Crippen LogP contribution is -2.39. The van der Waals surface area contributed by atoms with Gasteiger partial charge in [-0.05, 0) is 68.1 Å². The summed E-state index contributed by atoms with van der Waals surface area (Å²) in [7, 11) is 0. The third-order valence-electron chi connectivity index (χ3n) is 6.88.